The third-order valence-corrected chi connectivity index (χ3v) is 7.86. The number of nitrogens with one attached hydrogen (secondary N) is 1. The van der Waals surface area contributed by atoms with Crippen LogP contribution >= 0.6 is 0 Å². The first-order chi connectivity index (χ1) is 14.2. The van der Waals surface area contributed by atoms with Crippen molar-refractivity contribution in [2.75, 3.05) is 13.1 Å². The summed E-state index contributed by atoms with van der Waals surface area (Å²) >= 11 is 0. The Morgan fingerprint density at radius 2 is 1.77 bits per heavy atom. The standard InChI is InChI=1S/C23H33N3O3S/c1-5-18-6-8-19(9-7-18)22(17(2)3)24-23(27)20-10-14-26(15-11-20)30(28,29)21-12-13-25(4)16-21/h6-9,12-13,16-17,20,22H,5,10-11,14-15H2,1-4H3,(H,24,27)/t22-/m1/s1. The van der Waals surface area contributed by atoms with E-state index in [9.17, 15) is 13.2 Å². The number of sulfonamides is 1. The van der Waals surface area contributed by atoms with Crippen LogP contribution in [0.2, 0.25) is 0 Å². The maximum Gasteiger partial charge on any atom is 0.244 e. The summed E-state index contributed by atoms with van der Waals surface area (Å²) < 4.78 is 28.8. The molecule has 0 saturated carbocycles. The van der Waals surface area contributed by atoms with Crippen molar-refractivity contribution in [2.45, 2.75) is 51.0 Å². The lowest BCUT2D eigenvalue weighted by Gasteiger charge is -2.32. The number of benzene rings is 1. The van der Waals surface area contributed by atoms with Gasteiger partial charge in [-0.3, -0.25) is 4.79 Å². The molecule has 2 heterocycles. The third kappa shape index (κ3) is 4.95. The van der Waals surface area contributed by atoms with E-state index < -0.39 is 10.0 Å². The molecule has 2 aromatic rings. The molecular formula is C23H33N3O3S. The van der Waals surface area contributed by atoms with Crippen LogP contribution in [0.25, 0.3) is 0 Å². The second-order valence-electron chi connectivity index (χ2n) is 8.52. The number of rotatable bonds is 7. The van der Waals surface area contributed by atoms with Crippen molar-refractivity contribution in [1.82, 2.24) is 14.2 Å². The van der Waals surface area contributed by atoms with Crippen LogP contribution in [0.4, 0.5) is 0 Å². The number of hydrogen-bond donors (Lipinski definition) is 1. The molecule has 30 heavy (non-hydrogen) atoms. The lowest BCUT2D eigenvalue weighted by atomic mass is 9.92. The van der Waals surface area contributed by atoms with Gasteiger partial charge >= 0.3 is 0 Å². The van der Waals surface area contributed by atoms with E-state index in [-0.39, 0.29) is 23.8 Å². The average Bonchev–Trinajstić information content (AvgIpc) is 3.19. The van der Waals surface area contributed by atoms with Crippen LogP contribution in [0.3, 0.4) is 0 Å². The lowest BCUT2D eigenvalue weighted by Crippen LogP contribution is -2.44. The molecule has 1 N–H and O–H groups in total. The number of piperidine rings is 1. The molecule has 0 radical (unpaired) electrons. The first kappa shape index (κ1) is 22.6. The fourth-order valence-corrected chi connectivity index (χ4v) is 5.53. The van der Waals surface area contributed by atoms with Crippen LogP contribution in [-0.4, -0.2) is 36.3 Å². The van der Waals surface area contributed by atoms with Crippen LogP contribution in [0.15, 0.2) is 47.6 Å². The normalized spacial score (nSPS) is 17.2. The predicted molar refractivity (Wildman–Crippen MR) is 118 cm³/mol. The molecule has 1 fully saturated rings. The fourth-order valence-electron chi connectivity index (χ4n) is 4.00. The highest BCUT2D eigenvalue weighted by Crippen LogP contribution is 2.27. The molecule has 6 nitrogen and oxygen atoms in total. The summed E-state index contributed by atoms with van der Waals surface area (Å²) in [6.07, 6.45) is 5.41. The molecule has 0 aliphatic carbocycles. The lowest BCUT2D eigenvalue weighted by molar-refractivity contribution is -0.127. The Morgan fingerprint density at radius 1 is 1.13 bits per heavy atom. The van der Waals surface area contributed by atoms with Gasteiger partial charge in [-0.2, -0.15) is 4.31 Å². The molecular weight excluding hydrogens is 398 g/mol. The van der Waals surface area contributed by atoms with Crippen LogP contribution < -0.4 is 5.32 Å². The van der Waals surface area contributed by atoms with Crippen molar-refractivity contribution in [1.29, 1.82) is 0 Å². The van der Waals surface area contributed by atoms with E-state index in [4.69, 9.17) is 0 Å². The van der Waals surface area contributed by atoms with Gasteiger partial charge in [0.15, 0.2) is 0 Å². The van der Waals surface area contributed by atoms with Crippen molar-refractivity contribution >= 4 is 15.9 Å². The van der Waals surface area contributed by atoms with Gasteiger partial charge in [0.25, 0.3) is 0 Å². The largest absolute Gasteiger partial charge is 0.356 e. The molecule has 1 aromatic heterocycles. The van der Waals surface area contributed by atoms with Gasteiger partial charge in [-0.25, -0.2) is 8.42 Å². The van der Waals surface area contributed by atoms with Gasteiger partial charge in [0, 0.05) is 38.4 Å². The molecule has 1 aromatic carbocycles. The molecule has 1 amide bonds. The summed E-state index contributed by atoms with van der Waals surface area (Å²) in [5.74, 6) is 0.119. The maximum absolute atomic E-state index is 13.0. The van der Waals surface area contributed by atoms with E-state index in [0.717, 1.165) is 12.0 Å². The van der Waals surface area contributed by atoms with Crippen molar-refractivity contribution in [3.63, 3.8) is 0 Å². The predicted octanol–water partition coefficient (Wildman–Crippen LogP) is 3.50. The topological polar surface area (TPSA) is 71.4 Å². The minimum absolute atomic E-state index is 0.0185. The second kappa shape index (κ2) is 9.35. The Balaban J connectivity index is 1.62. The third-order valence-electron chi connectivity index (χ3n) is 5.98. The summed E-state index contributed by atoms with van der Waals surface area (Å²) in [5, 5.41) is 3.22. The molecule has 1 aliphatic heterocycles. The molecule has 7 heteroatoms. The van der Waals surface area contributed by atoms with E-state index in [1.165, 1.54) is 9.87 Å². The van der Waals surface area contributed by atoms with E-state index in [2.05, 4.69) is 50.4 Å². The van der Waals surface area contributed by atoms with E-state index in [1.54, 1.807) is 30.1 Å². The van der Waals surface area contributed by atoms with Gasteiger partial charge < -0.3 is 9.88 Å². The molecule has 0 spiro atoms. The number of carbonyl (C=O) groups excluding carboxylic acids is 1. The zero-order valence-corrected chi connectivity index (χ0v) is 19.2. The highest BCUT2D eigenvalue weighted by molar-refractivity contribution is 7.89. The van der Waals surface area contributed by atoms with Gasteiger partial charge in [0.2, 0.25) is 15.9 Å². The van der Waals surface area contributed by atoms with Crippen molar-refractivity contribution in [3.8, 4) is 0 Å². The Hall–Kier alpha value is -2.12. The average molecular weight is 432 g/mol. The van der Waals surface area contributed by atoms with E-state index in [1.807, 2.05) is 0 Å². The van der Waals surface area contributed by atoms with Crippen molar-refractivity contribution in [3.05, 3.63) is 53.9 Å². The molecule has 164 valence electrons. The van der Waals surface area contributed by atoms with Gasteiger partial charge in [-0.1, -0.05) is 45.0 Å². The summed E-state index contributed by atoms with van der Waals surface area (Å²) in [6.45, 7) is 7.07. The second-order valence-corrected chi connectivity index (χ2v) is 10.5. The van der Waals surface area contributed by atoms with Crippen LogP contribution in [0, 0.1) is 11.8 Å². The van der Waals surface area contributed by atoms with Gasteiger partial charge in [-0.15, -0.1) is 0 Å². The SMILES string of the molecule is CCc1ccc([C@H](NC(=O)C2CCN(S(=O)(=O)c3ccn(C)c3)CC2)C(C)C)cc1. The monoisotopic (exact) mass is 431 g/mol. The summed E-state index contributed by atoms with van der Waals surface area (Å²) in [7, 11) is -1.69. The Labute approximate surface area is 180 Å². The molecule has 1 saturated heterocycles. The first-order valence-electron chi connectivity index (χ1n) is 10.7. The van der Waals surface area contributed by atoms with Gasteiger partial charge in [0.1, 0.15) is 0 Å². The molecule has 3 rings (SSSR count). The summed E-state index contributed by atoms with van der Waals surface area (Å²) in [4.78, 5) is 13.3. The van der Waals surface area contributed by atoms with Crippen LogP contribution in [0.5, 0.6) is 0 Å². The number of carbonyl (C=O) groups is 1. The van der Waals surface area contributed by atoms with Crippen LogP contribution in [0.1, 0.15) is 50.8 Å². The Bertz CT molecular complexity index is 956. The maximum atomic E-state index is 13.0. The summed E-state index contributed by atoms with van der Waals surface area (Å²) in [5.41, 5.74) is 2.39. The molecule has 0 unspecified atom stereocenters. The van der Waals surface area contributed by atoms with Gasteiger partial charge in [-0.05, 0) is 42.4 Å². The Morgan fingerprint density at radius 3 is 2.27 bits per heavy atom. The zero-order valence-electron chi connectivity index (χ0n) is 18.3. The molecule has 1 atom stereocenters. The number of nitrogens with zero attached hydrogens (tertiary/aromatic N) is 2. The minimum Gasteiger partial charge on any atom is -0.356 e. The number of aromatic nitrogens is 1. The quantitative estimate of drug-likeness (QED) is 0.729. The Kier molecular flexibility index (Phi) is 7.03. The van der Waals surface area contributed by atoms with Crippen molar-refractivity contribution in [2.24, 2.45) is 18.9 Å². The number of aryl methyl sites for hydroxylation is 2. The van der Waals surface area contributed by atoms with Gasteiger partial charge in [0.05, 0.1) is 10.9 Å². The highest BCUT2D eigenvalue weighted by atomic mass is 32.2. The smallest absolute Gasteiger partial charge is 0.244 e. The number of amides is 1. The first-order valence-corrected chi connectivity index (χ1v) is 12.2. The fraction of sp³-hybridized carbons (Fsp3) is 0.522. The minimum atomic E-state index is -3.50. The number of hydrogen-bond acceptors (Lipinski definition) is 3. The van der Waals surface area contributed by atoms with Crippen LogP contribution in [-0.2, 0) is 28.3 Å². The molecule has 1 aliphatic rings. The van der Waals surface area contributed by atoms with E-state index >= 15 is 0 Å². The van der Waals surface area contributed by atoms with Crippen molar-refractivity contribution < 1.29 is 13.2 Å². The summed E-state index contributed by atoms with van der Waals surface area (Å²) in [6, 6.07) is 9.99. The molecule has 0 bridgehead atoms. The zero-order chi connectivity index (χ0) is 21.9. The van der Waals surface area contributed by atoms with E-state index in [0.29, 0.717) is 30.8 Å². The highest BCUT2D eigenvalue weighted by Gasteiger charge is 2.33.